The molecule has 7 heteroatoms. The van der Waals surface area contributed by atoms with Crippen molar-refractivity contribution < 1.29 is 9.53 Å². The third kappa shape index (κ3) is 4.01. The number of benzene rings is 2. The molecule has 124 valence electrons. The molecule has 0 saturated carbocycles. The first-order valence-electron chi connectivity index (χ1n) is 7.26. The molecule has 0 unspecified atom stereocenters. The van der Waals surface area contributed by atoms with Gasteiger partial charge in [0.05, 0.1) is 28.0 Å². The number of halogens is 1. The number of thiazole rings is 1. The predicted molar refractivity (Wildman–Crippen MR) is 102 cm³/mol. The fourth-order valence-electron chi connectivity index (χ4n) is 2.16. The molecule has 0 saturated heterocycles. The smallest absolute Gasteiger partial charge is 0.225 e. The normalized spacial score (nSPS) is 10.8. The molecular weight excluding hydrogens is 364 g/mol. The lowest BCUT2D eigenvalue weighted by molar-refractivity contribution is -0.115. The van der Waals surface area contributed by atoms with E-state index in [9.17, 15) is 4.79 Å². The van der Waals surface area contributed by atoms with Crippen molar-refractivity contribution in [1.29, 1.82) is 0 Å². The summed E-state index contributed by atoms with van der Waals surface area (Å²) in [4.78, 5) is 17.5. The van der Waals surface area contributed by atoms with E-state index in [1.807, 2.05) is 30.3 Å². The number of fused-ring (bicyclic) bond motifs is 1. The minimum atomic E-state index is -0.0203. The minimum absolute atomic E-state index is 0.0203. The number of anilines is 1. The lowest BCUT2D eigenvalue weighted by atomic mass is 10.3. The van der Waals surface area contributed by atoms with Crippen LogP contribution in [0, 0.1) is 0 Å². The highest BCUT2D eigenvalue weighted by atomic mass is 35.5. The van der Waals surface area contributed by atoms with E-state index in [-0.39, 0.29) is 5.91 Å². The molecule has 0 fully saturated rings. The molecule has 0 aliphatic carbocycles. The molecule has 1 N–H and O–H groups in total. The molecule has 1 amide bonds. The van der Waals surface area contributed by atoms with E-state index in [0.29, 0.717) is 17.2 Å². The third-order valence-electron chi connectivity index (χ3n) is 3.37. The summed E-state index contributed by atoms with van der Waals surface area (Å²) >= 11 is 9.21. The minimum Gasteiger partial charge on any atom is -0.497 e. The van der Waals surface area contributed by atoms with Gasteiger partial charge in [0.25, 0.3) is 0 Å². The molecule has 0 radical (unpaired) electrons. The number of carbonyl (C=O) groups excluding carboxylic acids is 1. The van der Waals surface area contributed by atoms with Crippen molar-refractivity contribution in [2.24, 2.45) is 0 Å². The quantitative estimate of drug-likeness (QED) is 0.608. The third-order valence-corrected chi connectivity index (χ3v) is 5.54. The van der Waals surface area contributed by atoms with Crippen molar-refractivity contribution in [2.45, 2.75) is 11.3 Å². The number of amides is 1. The average Bonchev–Trinajstić information content (AvgIpc) is 3.09. The number of aromatic nitrogens is 1. The molecule has 2 aromatic carbocycles. The Balaban J connectivity index is 1.55. The van der Waals surface area contributed by atoms with Gasteiger partial charge < -0.3 is 10.1 Å². The fraction of sp³-hybridized carbons (Fsp3) is 0.176. The first-order valence-corrected chi connectivity index (χ1v) is 9.50. The predicted octanol–water partition coefficient (Wildman–Crippen LogP) is 5.08. The molecule has 0 aliphatic rings. The van der Waals surface area contributed by atoms with Crippen LogP contribution in [0.4, 0.5) is 5.69 Å². The molecule has 3 rings (SSSR count). The largest absolute Gasteiger partial charge is 0.497 e. The number of methoxy groups -OCH3 is 1. The molecule has 1 heterocycles. The summed E-state index contributed by atoms with van der Waals surface area (Å²) in [5.74, 6) is 1.51. The highest BCUT2D eigenvalue weighted by molar-refractivity contribution is 7.99. The van der Waals surface area contributed by atoms with Crippen LogP contribution in [0.3, 0.4) is 0 Å². The van der Waals surface area contributed by atoms with Crippen molar-refractivity contribution in [3.8, 4) is 5.75 Å². The van der Waals surface area contributed by atoms with E-state index in [4.69, 9.17) is 16.3 Å². The van der Waals surface area contributed by atoms with Gasteiger partial charge in [0.2, 0.25) is 5.91 Å². The van der Waals surface area contributed by atoms with Crippen LogP contribution in [0.5, 0.6) is 5.75 Å². The van der Waals surface area contributed by atoms with Gasteiger partial charge in [-0.3, -0.25) is 4.79 Å². The second-order valence-electron chi connectivity index (χ2n) is 4.95. The van der Waals surface area contributed by atoms with Gasteiger partial charge in [0.15, 0.2) is 0 Å². The monoisotopic (exact) mass is 378 g/mol. The Labute approximate surface area is 153 Å². The molecule has 0 atom stereocenters. The first kappa shape index (κ1) is 17.1. The van der Waals surface area contributed by atoms with Gasteiger partial charge in [-0.25, -0.2) is 4.98 Å². The Morgan fingerprint density at radius 3 is 2.83 bits per heavy atom. The van der Waals surface area contributed by atoms with Crippen molar-refractivity contribution in [3.63, 3.8) is 0 Å². The SMILES string of the molecule is COc1ccc(SCCC(=O)Nc2ccc(Cl)c3ncsc23)cc1. The van der Waals surface area contributed by atoms with Crippen LogP contribution in [0.2, 0.25) is 5.02 Å². The zero-order valence-electron chi connectivity index (χ0n) is 12.9. The number of thioether (sulfide) groups is 1. The molecular formula is C17H15ClN2O2S2. The van der Waals surface area contributed by atoms with Gasteiger partial charge in [-0.2, -0.15) is 0 Å². The van der Waals surface area contributed by atoms with E-state index < -0.39 is 0 Å². The summed E-state index contributed by atoms with van der Waals surface area (Å²) in [6.07, 6.45) is 0.430. The van der Waals surface area contributed by atoms with Crippen molar-refractivity contribution in [2.75, 3.05) is 18.2 Å². The van der Waals surface area contributed by atoms with Crippen LogP contribution in [-0.2, 0) is 4.79 Å². The summed E-state index contributed by atoms with van der Waals surface area (Å²) < 4.78 is 6.03. The summed E-state index contributed by atoms with van der Waals surface area (Å²) in [7, 11) is 1.64. The highest BCUT2D eigenvalue weighted by Gasteiger charge is 2.10. The van der Waals surface area contributed by atoms with E-state index in [1.54, 1.807) is 30.4 Å². The Hall–Kier alpha value is -1.76. The standard InChI is InChI=1S/C17H15ClN2O2S2/c1-22-11-2-4-12(5-3-11)23-9-8-15(21)20-14-7-6-13(18)16-17(14)24-10-19-16/h2-7,10H,8-9H2,1H3,(H,20,21). The van der Waals surface area contributed by atoms with Crippen molar-refractivity contribution in [3.05, 3.63) is 46.9 Å². The van der Waals surface area contributed by atoms with E-state index in [1.165, 1.54) is 11.3 Å². The number of rotatable bonds is 6. The maximum absolute atomic E-state index is 12.2. The highest BCUT2D eigenvalue weighted by Crippen LogP contribution is 2.32. The van der Waals surface area contributed by atoms with Crippen LogP contribution in [0.25, 0.3) is 10.2 Å². The maximum Gasteiger partial charge on any atom is 0.225 e. The number of hydrogen-bond acceptors (Lipinski definition) is 5. The van der Waals surface area contributed by atoms with Crippen molar-refractivity contribution in [1.82, 2.24) is 4.98 Å². The van der Waals surface area contributed by atoms with Gasteiger partial charge in [-0.15, -0.1) is 23.1 Å². The number of nitrogens with zero attached hydrogens (tertiary/aromatic N) is 1. The lowest BCUT2D eigenvalue weighted by Gasteiger charge is -2.07. The topological polar surface area (TPSA) is 51.2 Å². The Morgan fingerprint density at radius 2 is 2.08 bits per heavy atom. The molecule has 0 aliphatic heterocycles. The van der Waals surface area contributed by atoms with E-state index >= 15 is 0 Å². The Bertz CT molecular complexity index is 849. The summed E-state index contributed by atoms with van der Waals surface area (Å²) in [5, 5.41) is 3.54. The second-order valence-corrected chi connectivity index (χ2v) is 7.38. The number of hydrogen-bond donors (Lipinski definition) is 1. The number of carbonyl (C=O) groups is 1. The Kier molecular flexibility index (Phi) is 5.60. The molecule has 3 aromatic rings. The van der Waals surface area contributed by atoms with E-state index in [0.717, 1.165) is 26.5 Å². The fourth-order valence-corrected chi connectivity index (χ4v) is 4.06. The number of ether oxygens (including phenoxy) is 1. The second kappa shape index (κ2) is 7.88. The molecule has 4 nitrogen and oxygen atoms in total. The molecule has 0 spiro atoms. The van der Waals surface area contributed by atoms with Crippen LogP contribution in [0.1, 0.15) is 6.42 Å². The average molecular weight is 379 g/mol. The molecule has 0 bridgehead atoms. The van der Waals surface area contributed by atoms with Gasteiger partial charge >= 0.3 is 0 Å². The zero-order chi connectivity index (χ0) is 16.9. The van der Waals surface area contributed by atoms with Gasteiger partial charge in [-0.05, 0) is 36.4 Å². The first-order chi connectivity index (χ1) is 11.7. The lowest BCUT2D eigenvalue weighted by Crippen LogP contribution is -2.12. The van der Waals surface area contributed by atoms with Gasteiger partial charge in [0, 0.05) is 17.1 Å². The number of nitrogens with one attached hydrogen (secondary N) is 1. The maximum atomic E-state index is 12.2. The summed E-state index contributed by atoms with van der Waals surface area (Å²) in [6.45, 7) is 0. The zero-order valence-corrected chi connectivity index (χ0v) is 15.3. The van der Waals surface area contributed by atoms with Gasteiger partial charge in [0.1, 0.15) is 11.3 Å². The van der Waals surface area contributed by atoms with Gasteiger partial charge in [-0.1, -0.05) is 11.6 Å². The van der Waals surface area contributed by atoms with Crippen LogP contribution in [0.15, 0.2) is 46.8 Å². The summed E-state index contributed by atoms with van der Waals surface area (Å²) in [6, 6.07) is 11.4. The van der Waals surface area contributed by atoms with Crippen LogP contribution < -0.4 is 10.1 Å². The van der Waals surface area contributed by atoms with Crippen LogP contribution in [-0.4, -0.2) is 23.8 Å². The summed E-state index contributed by atoms with van der Waals surface area (Å²) in [5.41, 5.74) is 3.22. The van der Waals surface area contributed by atoms with Crippen LogP contribution >= 0.6 is 34.7 Å². The molecule has 1 aromatic heterocycles. The Morgan fingerprint density at radius 1 is 1.29 bits per heavy atom. The van der Waals surface area contributed by atoms with Crippen molar-refractivity contribution >= 4 is 56.5 Å². The molecule has 24 heavy (non-hydrogen) atoms. The van der Waals surface area contributed by atoms with E-state index in [2.05, 4.69) is 10.3 Å².